The molecule has 3 rings (SSSR count). The highest BCUT2D eigenvalue weighted by molar-refractivity contribution is 5.81. The molecule has 1 amide bonds. The van der Waals surface area contributed by atoms with Gasteiger partial charge in [-0.05, 0) is 30.5 Å². The molecular weight excluding hydrogens is 312 g/mol. The molecule has 1 aliphatic rings. The summed E-state index contributed by atoms with van der Waals surface area (Å²) in [5, 5.41) is 3.07. The van der Waals surface area contributed by atoms with E-state index in [1.807, 2.05) is 38.1 Å². The maximum atomic E-state index is 12.6. The molecule has 0 saturated carbocycles. The number of amides is 1. The highest BCUT2D eigenvalue weighted by Gasteiger charge is 2.25. The summed E-state index contributed by atoms with van der Waals surface area (Å²) in [7, 11) is 3.92. The fourth-order valence-corrected chi connectivity index (χ4v) is 3.31. The van der Waals surface area contributed by atoms with Crippen molar-refractivity contribution in [3.05, 3.63) is 59.3 Å². The summed E-state index contributed by atoms with van der Waals surface area (Å²) in [5.41, 5.74) is 3.75. The van der Waals surface area contributed by atoms with Crippen LogP contribution in [0, 0.1) is 0 Å². The monoisotopic (exact) mass is 338 g/mol. The predicted molar refractivity (Wildman–Crippen MR) is 100 cm³/mol. The van der Waals surface area contributed by atoms with Gasteiger partial charge in [-0.25, -0.2) is 4.98 Å². The van der Waals surface area contributed by atoms with Crippen molar-refractivity contribution in [1.29, 1.82) is 0 Å². The molecule has 0 unspecified atom stereocenters. The second-order valence-electron chi connectivity index (χ2n) is 6.76. The van der Waals surface area contributed by atoms with Gasteiger partial charge in [-0.15, -0.1) is 0 Å². The molecule has 0 radical (unpaired) electrons. The normalized spacial score (nSPS) is 15.3. The number of nitrogens with zero attached hydrogens (tertiary/aromatic N) is 3. The fraction of sp³-hybridized carbons (Fsp3) is 0.400. The lowest BCUT2D eigenvalue weighted by Gasteiger charge is -2.33. The number of rotatable bonds is 5. The first-order valence-corrected chi connectivity index (χ1v) is 8.76. The molecule has 0 fully saturated rings. The van der Waals surface area contributed by atoms with E-state index in [1.165, 1.54) is 11.1 Å². The van der Waals surface area contributed by atoms with E-state index in [-0.39, 0.29) is 11.9 Å². The van der Waals surface area contributed by atoms with Crippen molar-refractivity contribution in [3.63, 3.8) is 0 Å². The zero-order valence-electron chi connectivity index (χ0n) is 15.2. The number of anilines is 1. The Balaban J connectivity index is 1.61. The summed E-state index contributed by atoms with van der Waals surface area (Å²) >= 11 is 0. The lowest BCUT2D eigenvalue weighted by molar-refractivity contribution is -0.126. The van der Waals surface area contributed by atoms with Gasteiger partial charge in [-0.2, -0.15) is 0 Å². The van der Waals surface area contributed by atoms with Gasteiger partial charge in [0, 0.05) is 45.5 Å². The van der Waals surface area contributed by atoms with Crippen molar-refractivity contribution in [3.8, 4) is 0 Å². The van der Waals surface area contributed by atoms with Crippen LogP contribution in [0.1, 0.15) is 23.6 Å². The van der Waals surface area contributed by atoms with Gasteiger partial charge in [0.2, 0.25) is 5.91 Å². The summed E-state index contributed by atoms with van der Waals surface area (Å²) in [5.74, 6) is 0.954. The number of aromatic nitrogens is 1. The second kappa shape index (κ2) is 7.66. The number of pyridine rings is 1. The van der Waals surface area contributed by atoms with Crippen molar-refractivity contribution >= 4 is 11.7 Å². The number of carbonyl (C=O) groups excluding carboxylic acids is 1. The Morgan fingerprint density at radius 1 is 1.24 bits per heavy atom. The van der Waals surface area contributed by atoms with Gasteiger partial charge >= 0.3 is 0 Å². The summed E-state index contributed by atoms with van der Waals surface area (Å²) in [4.78, 5) is 21.2. The van der Waals surface area contributed by atoms with Crippen molar-refractivity contribution in [2.24, 2.45) is 0 Å². The quantitative estimate of drug-likeness (QED) is 0.908. The van der Waals surface area contributed by atoms with E-state index in [1.54, 1.807) is 6.20 Å². The molecule has 1 aromatic heterocycles. The van der Waals surface area contributed by atoms with Crippen LogP contribution in [0.15, 0.2) is 42.6 Å². The predicted octanol–water partition coefficient (Wildman–Crippen LogP) is 2.21. The van der Waals surface area contributed by atoms with Gasteiger partial charge in [-0.1, -0.05) is 30.3 Å². The summed E-state index contributed by atoms with van der Waals surface area (Å²) < 4.78 is 0. The Morgan fingerprint density at radius 3 is 2.76 bits per heavy atom. The topological polar surface area (TPSA) is 48.5 Å². The average Bonchev–Trinajstić information content (AvgIpc) is 2.65. The van der Waals surface area contributed by atoms with Crippen molar-refractivity contribution < 1.29 is 4.79 Å². The smallest absolute Gasteiger partial charge is 0.237 e. The van der Waals surface area contributed by atoms with Gasteiger partial charge in [-0.3, -0.25) is 9.69 Å². The third kappa shape index (κ3) is 3.99. The van der Waals surface area contributed by atoms with E-state index in [0.717, 1.165) is 30.9 Å². The number of carbonyl (C=O) groups is 1. The lowest BCUT2D eigenvalue weighted by atomic mass is 9.99. The Morgan fingerprint density at radius 2 is 2.00 bits per heavy atom. The number of hydrogen-bond acceptors (Lipinski definition) is 4. The van der Waals surface area contributed by atoms with Crippen LogP contribution >= 0.6 is 0 Å². The number of nitrogens with one attached hydrogen (secondary N) is 1. The first-order valence-electron chi connectivity index (χ1n) is 8.76. The van der Waals surface area contributed by atoms with Crippen LogP contribution in [0.3, 0.4) is 0 Å². The van der Waals surface area contributed by atoms with Crippen LogP contribution in [0.25, 0.3) is 0 Å². The Labute approximate surface area is 149 Å². The summed E-state index contributed by atoms with van der Waals surface area (Å²) in [6, 6.07) is 12.3. The molecule has 2 aromatic rings. The van der Waals surface area contributed by atoms with E-state index in [0.29, 0.717) is 6.54 Å². The molecule has 0 bridgehead atoms. The summed E-state index contributed by atoms with van der Waals surface area (Å²) in [6.07, 6.45) is 2.77. The zero-order valence-corrected chi connectivity index (χ0v) is 15.2. The minimum atomic E-state index is -0.146. The van der Waals surface area contributed by atoms with E-state index in [2.05, 4.69) is 39.5 Å². The molecule has 5 nitrogen and oxygen atoms in total. The molecular formula is C20H26N4O. The van der Waals surface area contributed by atoms with Crippen molar-refractivity contribution in [1.82, 2.24) is 15.2 Å². The minimum Gasteiger partial charge on any atom is -0.362 e. The van der Waals surface area contributed by atoms with Gasteiger partial charge < -0.3 is 10.2 Å². The molecule has 0 spiro atoms. The van der Waals surface area contributed by atoms with Crippen LogP contribution in [0.2, 0.25) is 0 Å². The van der Waals surface area contributed by atoms with Gasteiger partial charge in [0.1, 0.15) is 5.82 Å². The van der Waals surface area contributed by atoms with Crippen LogP contribution in [0.5, 0.6) is 0 Å². The summed E-state index contributed by atoms with van der Waals surface area (Å²) in [6.45, 7) is 4.23. The van der Waals surface area contributed by atoms with Crippen molar-refractivity contribution in [2.75, 3.05) is 25.5 Å². The molecule has 2 heterocycles. The van der Waals surface area contributed by atoms with Crippen LogP contribution in [0.4, 0.5) is 5.82 Å². The maximum Gasteiger partial charge on any atom is 0.237 e. The minimum absolute atomic E-state index is 0.0629. The molecule has 1 aromatic carbocycles. The van der Waals surface area contributed by atoms with Crippen LogP contribution in [-0.2, 0) is 24.3 Å². The SMILES string of the molecule is C[C@@H](C(=O)NCc1cccnc1N(C)C)N1CCc2ccccc2C1. The Hall–Kier alpha value is -2.40. The van der Waals surface area contributed by atoms with E-state index in [9.17, 15) is 4.79 Å². The van der Waals surface area contributed by atoms with Crippen LogP contribution in [-0.4, -0.2) is 42.5 Å². The highest BCUT2D eigenvalue weighted by atomic mass is 16.2. The van der Waals surface area contributed by atoms with E-state index in [4.69, 9.17) is 0 Å². The van der Waals surface area contributed by atoms with E-state index >= 15 is 0 Å². The van der Waals surface area contributed by atoms with E-state index < -0.39 is 0 Å². The largest absolute Gasteiger partial charge is 0.362 e. The zero-order chi connectivity index (χ0) is 17.8. The lowest BCUT2D eigenvalue weighted by Crippen LogP contribution is -2.46. The first kappa shape index (κ1) is 17.4. The third-order valence-electron chi connectivity index (χ3n) is 4.83. The molecule has 5 heteroatoms. The van der Waals surface area contributed by atoms with Gasteiger partial charge in [0.25, 0.3) is 0 Å². The molecule has 1 atom stereocenters. The number of benzene rings is 1. The molecule has 132 valence electrons. The molecule has 1 N–H and O–H groups in total. The maximum absolute atomic E-state index is 12.6. The molecule has 1 aliphatic heterocycles. The van der Waals surface area contributed by atoms with Crippen LogP contribution < -0.4 is 10.2 Å². The second-order valence-corrected chi connectivity index (χ2v) is 6.76. The van der Waals surface area contributed by atoms with Gasteiger partial charge in [0.05, 0.1) is 6.04 Å². The number of hydrogen-bond donors (Lipinski definition) is 1. The first-order chi connectivity index (χ1) is 12.1. The Kier molecular flexibility index (Phi) is 5.34. The average molecular weight is 338 g/mol. The number of fused-ring (bicyclic) bond motifs is 1. The molecule has 0 saturated heterocycles. The fourth-order valence-electron chi connectivity index (χ4n) is 3.31. The molecule has 25 heavy (non-hydrogen) atoms. The van der Waals surface area contributed by atoms with Crippen molar-refractivity contribution in [2.45, 2.75) is 32.5 Å². The molecule has 0 aliphatic carbocycles. The Bertz CT molecular complexity index is 744. The third-order valence-corrected chi connectivity index (χ3v) is 4.83. The van der Waals surface area contributed by atoms with Gasteiger partial charge in [0.15, 0.2) is 0 Å². The highest BCUT2D eigenvalue weighted by Crippen LogP contribution is 2.20. The standard InChI is InChI=1S/C20H26N4O/c1-15(24-12-10-16-7-4-5-8-18(16)14-24)20(25)22-13-17-9-6-11-21-19(17)23(2)3/h4-9,11,15H,10,12-14H2,1-3H3,(H,22,25)/t15-/m0/s1.